The van der Waals surface area contributed by atoms with E-state index < -0.39 is 0 Å². The number of amides is 2. The van der Waals surface area contributed by atoms with E-state index in [4.69, 9.17) is 0 Å². The minimum absolute atomic E-state index is 0.134. The molecule has 1 saturated carbocycles. The molecule has 0 aromatic carbocycles. The molecule has 2 rings (SSSR count). The minimum atomic E-state index is -0.178. The second-order valence-electron chi connectivity index (χ2n) is 6.30. The minimum Gasteiger partial charge on any atom is -0.348 e. The smallest absolute Gasteiger partial charge is 0.272 e. The molecule has 0 radical (unpaired) electrons. The number of carbonyl (C=O) groups excluding carboxylic acids is 2. The van der Waals surface area contributed by atoms with Gasteiger partial charge in [-0.05, 0) is 31.4 Å². The van der Waals surface area contributed by atoms with Crippen LogP contribution in [0.25, 0.3) is 0 Å². The summed E-state index contributed by atoms with van der Waals surface area (Å²) in [5, 5.41) is 3.04. The summed E-state index contributed by atoms with van der Waals surface area (Å²) < 4.78 is 0. The number of hydrogen-bond donors (Lipinski definition) is 1. The Kier molecular flexibility index (Phi) is 6.56. The van der Waals surface area contributed by atoms with Crippen LogP contribution in [0, 0.1) is 0 Å². The monoisotopic (exact) mass is 317 g/mol. The van der Waals surface area contributed by atoms with Crippen molar-refractivity contribution in [3.8, 4) is 0 Å². The summed E-state index contributed by atoms with van der Waals surface area (Å²) in [6, 6.07) is 5.30. The molecule has 1 fully saturated rings. The number of nitrogens with one attached hydrogen (secondary N) is 1. The molecule has 0 spiro atoms. The number of rotatable bonds is 6. The molecule has 0 saturated heterocycles. The van der Waals surface area contributed by atoms with Gasteiger partial charge in [-0.3, -0.25) is 9.59 Å². The summed E-state index contributed by atoms with van der Waals surface area (Å²) in [5.74, 6) is -0.312. The number of pyridine rings is 1. The first-order chi connectivity index (χ1) is 11.1. The van der Waals surface area contributed by atoms with Crippen LogP contribution >= 0.6 is 0 Å². The van der Waals surface area contributed by atoms with E-state index in [0.29, 0.717) is 17.9 Å². The fraction of sp³-hybridized carbons (Fsp3) is 0.611. The number of nitrogens with zero attached hydrogens (tertiary/aromatic N) is 2. The molecular weight excluding hydrogens is 290 g/mol. The van der Waals surface area contributed by atoms with E-state index in [1.165, 1.54) is 19.3 Å². The highest BCUT2D eigenvalue weighted by Crippen LogP contribution is 2.17. The number of aromatic nitrogens is 1. The average molecular weight is 317 g/mol. The van der Waals surface area contributed by atoms with Gasteiger partial charge in [0, 0.05) is 19.6 Å². The van der Waals surface area contributed by atoms with Crippen molar-refractivity contribution in [2.75, 3.05) is 13.6 Å². The van der Waals surface area contributed by atoms with E-state index in [9.17, 15) is 9.59 Å². The number of unbranched alkanes of at least 4 members (excludes halogenated alkanes) is 1. The van der Waals surface area contributed by atoms with Gasteiger partial charge in [0.1, 0.15) is 11.4 Å². The van der Waals surface area contributed by atoms with Gasteiger partial charge in [-0.15, -0.1) is 0 Å². The third-order valence-electron chi connectivity index (χ3n) is 4.34. The first-order valence-electron chi connectivity index (χ1n) is 8.65. The van der Waals surface area contributed by atoms with Crippen LogP contribution in [-0.2, 0) is 0 Å². The summed E-state index contributed by atoms with van der Waals surface area (Å²) in [6.07, 6.45) is 7.64. The molecule has 0 bridgehead atoms. The molecule has 1 aromatic heterocycles. The van der Waals surface area contributed by atoms with Gasteiger partial charge in [0.25, 0.3) is 11.8 Å². The van der Waals surface area contributed by atoms with E-state index in [0.717, 1.165) is 25.7 Å². The highest BCUT2D eigenvalue weighted by Gasteiger charge is 2.19. The third-order valence-corrected chi connectivity index (χ3v) is 4.34. The Morgan fingerprint density at radius 1 is 1.22 bits per heavy atom. The first-order valence-corrected chi connectivity index (χ1v) is 8.65. The first kappa shape index (κ1) is 17.4. The zero-order valence-corrected chi connectivity index (χ0v) is 14.2. The van der Waals surface area contributed by atoms with Crippen molar-refractivity contribution in [2.24, 2.45) is 0 Å². The molecule has 0 atom stereocenters. The van der Waals surface area contributed by atoms with Crippen molar-refractivity contribution < 1.29 is 9.59 Å². The zero-order valence-electron chi connectivity index (χ0n) is 14.2. The highest BCUT2D eigenvalue weighted by atomic mass is 16.2. The summed E-state index contributed by atoms with van der Waals surface area (Å²) in [4.78, 5) is 30.6. The van der Waals surface area contributed by atoms with Crippen LogP contribution in [0.2, 0.25) is 0 Å². The van der Waals surface area contributed by atoms with Crippen LogP contribution in [0.1, 0.15) is 72.8 Å². The lowest BCUT2D eigenvalue weighted by Gasteiger charge is -2.22. The van der Waals surface area contributed by atoms with Gasteiger partial charge >= 0.3 is 0 Å². The van der Waals surface area contributed by atoms with Crippen LogP contribution in [0.3, 0.4) is 0 Å². The fourth-order valence-electron chi connectivity index (χ4n) is 2.88. The maximum atomic E-state index is 12.3. The van der Waals surface area contributed by atoms with Gasteiger partial charge in [0.05, 0.1) is 0 Å². The molecular formula is C18H27N3O2. The normalized spacial score (nSPS) is 15.2. The Morgan fingerprint density at radius 2 is 1.91 bits per heavy atom. The van der Waals surface area contributed by atoms with Gasteiger partial charge in [-0.2, -0.15) is 0 Å². The van der Waals surface area contributed by atoms with E-state index in [1.807, 2.05) is 0 Å². The standard InChI is InChI=1S/C18H27N3O2/c1-3-4-13-21(2)18(23)16-12-8-11-15(20-16)17(22)19-14-9-6-5-7-10-14/h8,11-12,14H,3-7,9-10,13H2,1-2H3,(H,19,22). The maximum Gasteiger partial charge on any atom is 0.272 e. The third kappa shape index (κ3) is 5.05. The molecule has 5 heteroatoms. The van der Waals surface area contributed by atoms with Crippen LogP contribution < -0.4 is 5.32 Å². The quantitative estimate of drug-likeness (QED) is 0.877. The highest BCUT2D eigenvalue weighted by molar-refractivity contribution is 5.96. The van der Waals surface area contributed by atoms with Gasteiger partial charge in [-0.25, -0.2) is 4.98 Å². The Hall–Kier alpha value is -1.91. The van der Waals surface area contributed by atoms with E-state index in [-0.39, 0.29) is 17.9 Å². The van der Waals surface area contributed by atoms with Crippen molar-refractivity contribution >= 4 is 11.8 Å². The molecule has 1 N–H and O–H groups in total. The van der Waals surface area contributed by atoms with Crippen molar-refractivity contribution in [2.45, 2.75) is 57.9 Å². The van der Waals surface area contributed by atoms with Gasteiger partial charge in [-0.1, -0.05) is 38.7 Å². The van der Waals surface area contributed by atoms with Crippen molar-refractivity contribution in [3.63, 3.8) is 0 Å². The molecule has 1 aromatic rings. The topological polar surface area (TPSA) is 62.3 Å². The molecule has 1 aliphatic carbocycles. The van der Waals surface area contributed by atoms with Gasteiger partial charge in [0.15, 0.2) is 0 Å². The second kappa shape index (κ2) is 8.65. The van der Waals surface area contributed by atoms with Gasteiger partial charge < -0.3 is 10.2 Å². The Labute approximate surface area is 138 Å². The Morgan fingerprint density at radius 3 is 2.61 bits per heavy atom. The lowest BCUT2D eigenvalue weighted by atomic mass is 9.95. The van der Waals surface area contributed by atoms with Crippen molar-refractivity contribution in [1.29, 1.82) is 0 Å². The average Bonchev–Trinajstić information content (AvgIpc) is 2.60. The Bertz CT molecular complexity index is 539. The molecule has 2 amide bonds. The fourth-order valence-corrected chi connectivity index (χ4v) is 2.88. The summed E-state index contributed by atoms with van der Waals surface area (Å²) >= 11 is 0. The molecule has 0 unspecified atom stereocenters. The zero-order chi connectivity index (χ0) is 16.7. The molecule has 5 nitrogen and oxygen atoms in total. The van der Waals surface area contributed by atoms with Gasteiger partial charge in [0.2, 0.25) is 0 Å². The largest absolute Gasteiger partial charge is 0.348 e. The predicted octanol–water partition coefficient (Wildman–Crippen LogP) is 3.02. The van der Waals surface area contributed by atoms with E-state index in [2.05, 4.69) is 17.2 Å². The van der Waals surface area contributed by atoms with E-state index >= 15 is 0 Å². The van der Waals surface area contributed by atoms with Crippen molar-refractivity contribution in [1.82, 2.24) is 15.2 Å². The number of carbonyl (C=O) groups is 2. The Balaban J connectivity index is 2.00. The summed E-state index contributed by atoms with van der Waals surface area (Å²) in [7, 11) is 1.77. The van der Waals surface area contributed by atoms with Crippen LogP contribution in [0.5, 0.6) is 0 Å². The van der Waals surface area contributed by atoms with E-state index in [1.54, 1.807) is 30.1 Å². The lowest BCUT2D eigenvalue weighted by molar-refractivity contribution is 0.0787. The van der Waals surface area contributed by atoms with Crippen LogP contribution in [0.15, 0.2) is 18.2 Å². The predicted molar refractivity (Wildman–Crippen MR) is 90.4 cm³/mol. The second-order valence-corrected chi connectivity index (χ2v) is 6.30. The van der Waals surface area contributed by atoms with Crippen LogP contribution in [0.4, 0.5) is 0 Å². The van der Waals surface area contributed by atoms with Crippen LogP contribution in [-0.4, -0.2) is 41.3 Å². The maximum absolute atomic E-state index is 12.3. The summed E-state index contributed by atoms with van der Waals surface area (Å²) in [5.41, 5.74) is 0.658. The molecule has 126 valence electrons. The SMILES string of the molecule is CCCCN(C)C(=O)c1cccc(C(=O)NC2CCCCC2)n1. The molecule has 23 heavy (non-hydrogen) atoms. The van der Waals surface area contributed by atoms with Crippen molar-refractivity contribution in [3.05, 3.63) is 29.6 Å². The lowest BCUT2D eigenvalue weighted by Crippen LogP contribution is -2.37. The molecule has 0 aliphatic heterocycles. The summed E-state index contributed by atoms with van der Waals surface area (Å²) in [6.45, 7) is 2.79. The molecule has 1 aliphatic rings. The molecule has 1 heterocycles. The number of hydrogen-bond acceptors (Lipinski definition) is 3.